The SMILES string of the molecule is O=C(COc1ccc(C2SCCS2)cc1)N/N=C\c1ccc(Br)s1. The lowest BCUT2D eigenvalue weighted by molar-refractivity contribution is -0.123. The summed E-state index contributed by atoms with van der Waals surface area (Å²) in [5, 5.41) is 3.91. The molecule has 2 aromatic rings. The number of nitrogens with one attached hydrogen (secondary N) is 1. The summed E-state index contributed by atoms with van der Waals surface area (Å²) in [5.74, 6) is 2.81. The third-order valence-corrected chi connectivity index (χ3v) is 7.78. The molecule has 4 nitrogen and oxygen atoms in total. The Labute approximate surface area is 161 Å². The van der Waals surface area contributed by atoms with Gasteiger partial charge < -0.3 is 4.74 Å². The van der Waals surface area contributed by atoms with Crippen LogP contribution in [0.1, 0.15) is 15.0 Å². The summed E-state index contributed by atoms with van der Waals surface area (Å²) in [5.41, 5.74) is 3.75. The Morgan fingerprint density at radius 3 is 2.67 bits per heavy atom. The minimum atomic E-state index is -0.284. The first-order valence-corrected chi connectivity index (χ1v) is 10.9. The first-order chi connectivity index (χ1) is 11.7. The van der Waals surface area contributed by atoms with Crippen molar-refractivity contribution in [3.8, 4) is 5.75 Å². The smallest absolute Gasteiger partial charge is 0.277 e. The van der Waals surface area contributed by atoms with Gasteiger partial charge in [0, 0.05) is 16.4 Å². The van der Waals surface area contributed by atoms with Gasteiger partial charge in [0.25, 0.3) is 5.91 Å². The van der Waals surface area contributed by atoms with Crippen LogP contribution in [0.15, 0.2) is 45.3 Å². The molecular weight excluding hydrogens is 428 g/mol. The van der Waals surface area contributed by atoms with Crippen molar-refractivity contribution < 1.29 is 9.53 Å². The summed E-state index contributed by atoms with van der Waals surface area (Å²) in [6, 6.07) is 11.8. The molecule has 0 unspecified atom stereocenters. The molecule has 1 aliphatic rings. The first-order valence-electron chi connectivity index (χ1n) is 7.24. The third-order valence-electron chi connectivity index (χ3n) is 3.12. The van der Waals surface area contributed by atoms with Gasteiger partial charge in [0.2, 0.25) is 0 Å². The molecule has 1 amide bonds. The number of benzene rings is 1. The zero-order valence-electron chi connectivity index (χ0n) is 12.6. The molecule has 3 rings (SSSR count). The van der Waals surface area contributed by atoms with Gasteiger partial charge in [-0.05, 0) is 45.8 Å². The van der Waals surface area contributed by atoms with E-state index in [2.05, 4.69) is 38.6 Å². The molecule has 0 atom stereocenters. The van der Waals surface area contributed by atoms with E-state index < -0.39 is 0 Å². The second-order valence-electron chi connectivity index (χ2n) is 4.87. The lowest BCUT2D eigenvalue weighted by Gasteiger charge is -2.09. The summed E-state index contributed by atoms with van der Waals surface area (Å²) >= 11 is 8.86. The summed E-state index contributed by atoms with van der Waals surface area (Å²) in [6.07, 6.45) is 1.61. The molecule has 126 valence electrons. The number of thioether (sulfide) groups is 2. The molecule has 1 N–H and O–H groups in total. The summed E-state index contributed by atoms with van der Waals surface area (Å²) in [7, 11) is 0. The Balaban J connectivity index is 1.43. The van der Waals surface area contributed by atoms with E-state index in [9.17, 15) is 4.79 Å². The average Bonchev–Trinajstić information content (AvgIpc) is 3.25. The first kappa shape index (κ1) is 17.8. The van der Waals surface area contributed by atoms with Crippen molar-refractivity contribution in [2.24, 2.45) is 5.10 Å². The van der Waals surface area contributed by atoms with Crippen molar-refractivity contribution in [1.29, 1.82) is 0 Å². The molecule has 8 heteroatoms. The number of thiophene rings is 1. The van der Waals surface area contributed by atoms with E-state index in [1.165, 1.54) is 17.1 Å². The summed E-state index contributed by atoms with van der Waals surface area (Å²) in [6.45, 7) is -0.0578. The molecule has 0 bridgehead atoms. The quantitative estimate of drug-likeness (QED) is 0.527. The third kappa shape index (κ3) is 5.27. The number of nitrogens with zero attached hydrogens (tertiary/aromatic N) is 1. The second-order valence-corrected chi connectivity index (χ2v) is 10.1. The van der Waals surface area contributed by atoms with Crippen molar-refractivity contribution in [3.63, 3.8) is 0 Å². The van der Waals surface area contributed by atoms with E-state index in [4.69, 9.17) is 4.74 Å². The lowest BCUT2D eigenvalue weighted by atomic mass is 10.2. The average molecular weight is 443 g/mol. The Bertz CT molecular complexity index is 712. The number of halogens is 1. The van der Waals surface area contributed by atoms with Crippen LogP contribution >= 0.6 is 50.8 Å². The fraction of sp³-hybridized carbons (Fsp3) is 0.250. The molecule has 2 heterocycles. The van der Waals surface area contributed by atoms with Crippen molar-refractivity contribution in [1.82, 2.24) is 5.43 Å². The Morgan fingerprint density at radius 2 is 2.00 bits per heavy atom. The van der Waals surface area contributed by atoms with Crippen LogP contribution in [0.2, 0.25) is 0 Å². The van der Waals surface area contributed by atoms with Crippen LogP contribution in [0, 0.1) is 0 Å². The van der Waals surface area contributed by atoms with Gasteiger partial charge in [0.15, 0.2) is 6.61 Å². The fourth-order valence-corrected chi connectivity index (χ4v) is 6.17. The Kier molecular flexibility index (Phi) is 6.65. The minimum absolute atomic E-state index is 0.0578. The zero-order valence-corrected chi connectivity index (χ0v) is 16.6. The molecule has 0 aliphatic carbocycles. The standard InChI is InChI=1S/C16H15BrN2O2S3/c17-14-6-5-13(24-14)9-18-19-15(20)10-21-12-3-1-11(2-4-12)16-22-7-8-23-16/h1-6,9,16H,7-8,10H2,(H,19,20)/b18-9-. The predicted octanol–water partition coefficient (Wildman–Crippen LogP) is 4.52. The van der Waals surface area contributed by atoms with E-state index in [0.717, 1.165) is 8.66 Å². The zero-order chi connectivity index (χ0) is 16.8. The van der Waals surface area contributed by atoms with Crippen LogP contribution in [-0.4, -0.2) is 30.2 Å². The van der Waals surface area contributed by atoms with Gasteiger partial charge in [-0.3, -0.25) is 4.79 Å². The van der Waals surface area contributed by atoms with E-state index >= 15 is 0 Å². The topological polar surface area (TPSA) is 50.7 Å². The highest BCUT2D eigenvalue weighted by Gasteiger charge is 2.17. The van der Waals surface area contributed by atoms with Crippen LogP contribution in [0.5, 0.6) is 5.75 Å². The number of hydrogen-bond donors (Lipinski definition) is 1. The molecule has 1 saturated heterocycles. The molecule has 0 spiro atoms. The Hall–Kier alpha value is -0.960. The van der Waals surface area contributed by atoms with Crippen LogP contribution in [-0.2, 0) is 4.79 Å². The van der Waals surface area contributed by atoms with E-state index in [0.29, 0.717) is 10.3 Å². The number of amides is 1. The monoisotopic (exact) mass is 442 g/mol. The van der Waals surface area contributed by atoms with Crippen molar-refractivity contribution >= 4 is 62.9 Å². The predicted molar refractivity (Wildman–Crippen MR) is 107 cm³/mol. The van der Waals surface area contributed by atoms with Gasteiger partial charge >= 0.3 is 0 Å². The maximum atomic E-state index is 11.7. The highest BCUT2D eigenvalue weighted by atomic mass is 79.9. The van der Waals surface area contributed by atoms with Gasteiger partial charge in [-0.2, -0.15) is 5.10 Å². The second kappa shape index (κ2) is 8.94. The van der Waals surface area contributed by atoms with Gasteiger partial charge in [-0.25, -0.2) is 5.43 Å². The van der Waals surface area contributed by atoms with Crippen LogP contribution in [0.3, 0.4) is 0 Å². The number of hydrazone groups is 1. The minimum Gasteiger partial charge on any atom is -0.484 e. The van der Waals surface area contributed by atoms with Gasteiger partial charge in [-0.1, -0.05) is 12.1 Å². The normalized spacial score (nSPS) is 15.0. The number of carbonyl (C=O) groups excluding carboxylic acids is 1. The van der Waals surface area contributed by atoms with Gasteiger partial charge in [-0.15, -0.1) is 34.9 Å². The molecule has 1 fully saturated rings. The summed E-state index contributed by atoms with van der Waals surface area (Å²) < 4.78 is 7.03. The summed E-state index contributed by atoms with van der Waals surface area (Å²) in [4.78, 5) is 12.7. The number of hydrogen-bond acceptors (Lipinski definition) is 6. The molecule has 0 saturated carbocycles. The number of carbonyl (C=O) groups is 1. The van der Waals surface area contributed by atoms with E-state index in [-0.39, 0.29) is 12.5 Å². The number of ether oxygens (including phenoxy) is 1. The largest absolute Gasteiger partial charge is 0.484 e. The van der Waals surface area contributed by atoms with Gasteiger partial charge in [0.05, 0.1) is 14.6 Å². The molecule has 1 aliphatic heterocycles. The van der Waals surface area contributed by atoms with Crippen LogP contribution in [0.25, 0.3) is 0 Å². The molecule has 0 radical (unpaired) electrons. The molecule has 1 aromatic carbocycles. The van der Waals surface area contributed by atoms with E-state index in [1.807, 2.05) is 47.8 Å². The van der Waals surface area contributed by atoms with Crippen LogP contribution < -0.4 is 10.2 Å². The van der Waals surface area contributed by atoms with Crippen molar-refractivity contribution in [3.05, 3.63) is 50.6 Å². The van der Waals surface area contributed by atoms with Crippen LogP contribution in [0.4, 0.5) is 0 Å². The highest BCUT2D eigenvalue weighted by Crippen LogP contribution is 2.45. The van der Waals surface area contributed by atoms with Crippen molar-refractivity contribution in [2.75, 3.05) is 18.1 Å². The number of rotatable bonds is 6. The highest BCUT2D eigenvalue weighted by molar-refractivity contribution is 9.11. The molecular formula is C16H15BrN2O2S3. The lowest BCUT2D eigenvalue weighted by Crippen LogP contribution is -2.24. The van der Waals surface area contributed by atoms with E-state index in [1.54, 1.807) is 17.6 Å². The Morgan fingerprint density at radius 1 is 1.25 bits per heavy atom. The van der Waals surface area contributed by atoms with Gasteiger partial charge in [0.1, 0.15) is 5.75 Å². The molecule has 1 aromatic heterocycles. The van der Waals surface area contributed by atoms with Crippen molar-refractivity contribution in [2.45, 2.75) is 4.58 Å². The maximum absolute atomic E-state index is 11.7. The fourth-order valence-electron chi connectivity index (χ4n) is 2.02. The molecule has 24 heavy (non-hydrogen) atoms. The maximum Gasteiger partial charge on any atom is 0.277 e.